The SMILES string of the molecule is CP(C)(=O)c1ccc(-c2cccc(C3(c4ccc(-c5nc(-c6ccccc6)nc(-c6ccc(-c7ccccc7)cc6)n5)cc4)CCCCC3)c2)cc1. The molecule has 0 aliphatic heterocycles. The van der Waals surface area contributed by atoms with Crippen molar-refractivity contribution < 1.29 is 4.57 Å². The normalized spacial score (nSPS) is 14.2. The molecule has 5 heteroatoms. The molecule has 6 aromatic carbocycles. The van der Waals surface area contributed by atoms with Crippen LogP contribution in [0.1, 0.15) is 43.2 Å². The van der Waals surface area contributed by atoms with Crippen LogP contribution in [0.4, 0.5) is 0 Å². The van der Waals surface area contributed by atoms with Crippen molar-refractivity contribution in [2.45, 2.75) is 37.5 Å². The van der Waals surface area contributed by atoms with Crippen LogP contribution in [-0.4, -0.2) is 28.3 Å². The lowest BCUT2D eigenvalue weighted by molar-refractivity contribution is 0.346. The number of hydrogen-bond donors (Lipinski definition) is 0. The van der Waals surface area contributed by atoms with Gasteiger partial charge in [-0.25, -0.2) is 15.0 Å². The van der Waals surface area contributed by atoms with E-state index in [4.69, 9.17) is 15.0 Å². The Morgan fingerprint density at radius 3 is 1.40 bits per heavy atom. The summed E-state index contributed by atoms with van der Waals surface area (Å²) in [6.07, 6.45) is 5.87. The van der Waals surface area contributed by atoms with Crippen LogP contribution in [0, 0.1) is 0 Å². The smallest absolute Gasteiger partial charge is 0.164 e. The molecule has 1 saturated carbocycles. The first-order chi connectivity index (χ1) is 25.4. The summed E-state index contributed by atoms with van der Waals surface area (Å²) in [5.41, 5.74) is 10.2. The topological polar surface area (TPSA) is 55.7 Å². The van der Waals surface area contributed by atoms with Crippen LogP contribution in [0.2, 0.25) is 0 Å². The van der Waals surface area contributed by atoms with Gasteiger partial charge in [0.2, 0.25) is 0 Å². The lowest BCUT2D eigenvalue weighted by Crippen LogP contribution is -2.30. The molecule has 0 spiro atoms. The van der Waals surface area contributed by atoms with Gasteiger partial charge in [0.25, 0.3) is 0 Å². The second-order valence-corrected chi connectivity index (χ2v) is 17.5. The second-order valence-electron chi connectivity index (χ2n) is 14.3. The highest BCUT2D eigenvalue weighted by atomic mass is 31.2. The van der Waals surface area contributed by atoms with Gasteiger partial charge in [0, 0.05) is 27.4 Å². The third-order valence-electron chi connectivity index (χ3n) is 10.6. The van der Waals surface area contributed by atoms with E-state index in [-0.39, 0.29) is 5.41 Å². The van der Waals surface area contributed by atoms with Crippen molar-refractivity contribution in [1.82, 2.24) is 15.0 Å². The molecule has 0 atom stereocenters. The van der Waals surface area contributed by atoms with Crippen LogP contribution in [0.25, 0.3) is 56.4 Å². The van der Waals surface area contributed by atoms with E-state index >= 15 is 0 Å². The molecule has 0 unspecified atom stereocenters. The van der Waals surface area contributed by atoms with Crippen molar-refractivity contribution >= 4 is 12.4 Å². The van der Waals surface area contributed by atoms with Crippen molar-refractivity contribution in [2.75, 3.05) is 13.3 Å². The molecule has 0 bridgehead atoms. The van der Waals surface area contributed by atoms with E-state index < -0.39 is 7.14 Å². The van der Waals surface area contributed by atoms with Crippen LogP contribution < -0.4 is 5.30 Å². The average molecular weight is 696 g/mol. The summed E-state index contributed by atoms with van der Waals surface area (Å²) in [7, 11) is -2.30. The standard InChI is InChI=1S/C47H42N3OP/c1-52(2,51)43-29-25-36(26-30-43)40-17-12-18-42(33-40)47(31-10-5-11-32-47)41-27-23-39(24-28-41)46-49-44(37-15-8-4-9-16-37)48-45(50-46)38-21-19-35(20-22-38)34-13-6-3-7-14-34/h3-4,6-9,12-30,33H,5,10-11,31-32H2,1-2H3. The zero-order valence-corrected chi connectivity index (χ0v) is 30.6. The van der Waals surface area contributed by atoms with Gasteiger partial charge in [-0.3, -0.25) is 0 Å². The Morgan fingerprint density at radius 1 is 0.423 bits per heavy atom. The monoisotopic (exact) mass is 695 g/mol. The third-order valence-corrected chi connectivity index (χ3v) is 12.1. The van der Waals surface area contributed by atoms with Gasteiger partial charge < -0.3 is 4.57 Å². The molecule has 1 fully saturated rings. The van der Waals surface area contributed by atoms with Gasteiger partial charge in [-0.05, 0) is 59.6 Å². The molecule has 1 aromatic heterocycles. The van der Waals surface area contributed by atoms with Crippen molar-refractivity contribution in [1.29, 1.82) is 0 Å². The lowest BCUT2D eigenvalue weighted by atomic mass is 9.65. The van der Waals surface area contributed by atoms with Crippen LogP contribution in [-0.2, 0) is 9.98 Å². The molecular weight excluding hydrogens is 654 g/mol. The summed E-state index contributed by atoms with van der Waals surface area (Å²) in [5, 5.41) is 0.915. The average Bonchev–Trinajstić information content (AvgIpc) is 3.21. The summed E-state index contributed by atoms with van der Waals surface area (Å²) >= 11 is 0. The predicted molar refractivity (Wildman–Crippen MR) is 216 cm³/mol. The van der Waals surface area contributed by atoms with Gasteiger partial charge in [0.05, 0.1) is 0 Å². The molecule has 0 amide bonds. The minimum atomic E-state index is -2.30. The van der Waals surface area contributed by atoms with Gasteiger partial charge in [-0.1, -0.05) is 177 Å². The van der Waals surface area contributed by atoms with Gasteiger partial charge in [-0.15, -0.1) is 0 Å². The van der Waals surface area contributed by atoms with E-state index in [1.54, 1.807) is 0 Å². The largest absolute Gasteiger partial charge is 0.319 e. The lowest BCUT2D eigenvalue weighted by Gasteiger charge is -2.39. The fraction of sp³-hybridized carbons (Fsp3) is 0.170. The van der Waals surface area contributed by atoms with Gasteiger partial charge in [0.1, 0.15) is 7.14 Å². The Bertz CT molecular complexity index is 2340. The van der Waals surface area contributed by atoms with Crippen LogP contribution in [0.5, 0.6) is 0 Å². The number of rotatable bonds is 8. The number of aromatic nitrogens is 3. The van der Waals surface area contributed by atoms with Crippen molar-refractivity contribution in [3.05, 3.63) is 169 Å². The van der Waals surface area contributed by atoms with Crippen molar-refractivity contribution in [3.63, 3.8) is 0 Å². The summed E-state index contributed by atoms with van der Waals surface area (Å²) in [5.74, 6) is 1.97. The van der Waals surface area contributed by atoms with Gasteiger partial charge in [0.15, 0.2) is 17.5 Å². The van der Waals surface area contributed by atoms with E-state index in [9.17, 15) is 4.57 Å². The fourth-order valence-electron chi connectivity index (χ4n) is 7.64. The maximum Gasteiger partial charge on any atom is 0.164 e. The second kappa shape index (κ2) is 14.3. The van der Waals surface area contributed by atoms with Crippen LogP contribution in [0.3, 0.4) is 0 Å². The molecule has 1 aliphatic rings. The Balaban J connectivity index is 1.15. The van der Waals surface area contributed by atoms with Gasteiger partial charge >= 0.3 is 0 Å². The van der Waals surface area contributed by atoms with E-state index in [2.05, 4.69) is 109 Å². The Labute approximate surface area is 307 Å². The minimum Gasteiger partial charge on any atom is -0.319 e. The summed E-state index contributed by atoms with van der Waals surface area (Å²) in [6.45, 7) is 3.65. The first-order valence-electron chi connectivity index (χ1n) is 18.2. The highest BCUT2D eigenvalue weighted by Gasteiger charge is 2.36. The summed E-state index contributed by atoms with van der Waals surface area (Å²) in [6, 6.07) is 55.3. The molecule has 52 heavy (non-hydrogen) atoms. The molecule has 0 saturated heterocycles. The molecule has 0 N–H and O–H groups in total. The molecule has 256 valence electrons. The maximum absolute atomic E-state index is 12.6. The fourth-order valence-corrected chi connectivity index (χ4v) is 8.51. The molecule has 8 rings (SSSR count). The highest BCUT2D eigenvalue weighted by Crippen LogP contribution is 2.46. The Morgan fingerprint density at radius 2 is 0.846 bits per heavy atom. The minimum absolute atomic E-state index is 0.0742. The summed E-state index contributed by atoms with van der Waals surface area (Å²) < 4.78 is 12.6. The molecule has 1 heterocycles. The zero-order chi connectivity index (χ0) is 35.5. The van der Waals surface area contributed by atoms with E-state index in [1.165, 1.54) is 41.5 Å². The first kappa shape index (κ1) is 33.7. The van der Waals surface area contributed by atoms with E-state index in [0.29, 0.717) is 17.5 Å². The number of hydrogen-bond acceptors (Lipinski definition) is 4. The number of nitrogens with zero attached hydrogens (tertiary/aromatic N) is 3. The molecule has 0 radical (unpaired) electrons. The molecule has 1 aliphatic carbocycles. The van der Waals surface area contributed by atoms with E-state index in [1.807, 2.05) is 61.9 Å². The predicted octanol–water partition coefficient (Wildman–Crippen LogP) is 11.7. The summed E-state index contributed by atoms with van der Waals surface area (Å²) in [4.78, 5) is 15.0. The quantitative estimate of drug-likeness (QED) is 0.149. The molecule has 7 aromatic rings. The molecule has 4 nitrogen and oxygen atoms in total. The zero-order valence-electron chi connectivity index (χ0n) is 29.7. The first-order valence-corrected chi connectivity index (χ1v) is 20.8. The third kappa shape index (κ3) is 6.92. The van der Waals surface area contributed by atoms with E-state index in [0.717, 1.165) is 46.0 Å². The van der Waals surface area contributed by atoms with Gasteiger partial charge in [-0.2, -0.15) is 0 Å². The Kier molecular flexibility index (Phi) is 9.26. The maximum atomic E-state index is 12.6. The van der Waals surface area contributed by atoms with Crippen molar-refractivity contribution in [2.24, 2.45) is 0 Å². The van der Waals surface area contributed by atoms with Crippen molar-refractivity contribution in [3.8, 4) is 56.4 Å². The Hall–Kier alpha value is -5.44. The highest BCUT2D eigenvalue weighted by molar-refractivity contribution is 7.70. The number of benzene rings is 6. The molecular formula is C47H42N3OP. The van der Waals surface area contributed by atoms with Crippen LogP contribution in [0.15, 0.2) is 158 Å². The van der Waals surface area contributed by atoms with Crippen LogP contribution >= 0.6 is 7.14 Å².